The molecule has 0 aliphatic carbocycles. The van der Waals surface area contributed by atoms with Crippen molar-refractivity contribution in [2.75, 3.05) is 32.1 Å². The molecule has 0 saturated heterocycles. The number of likely N-dealkylation sites (N-methyl/N-ethyl adjacent to an activating group) is 1. The molecule has 1 heterocycles. The molecular formula is C20H24N4O3S2. The van der Waals surface area contributed by atoms with Gasteiger partial charge in [-0.05, 0) is 36.8 Å². The maximum atomic E-state index is 12.4. The van der Waals surface area contributed by atoms with Gasteiger partial charge in [0, 0.05) is 38.1 Å². The summed E-state index contributed by atoms with van der Waals surface area (Å²) < 4.78 is 36.9. The van der Waals surface area contributed by atoms with E-state index in [-0.39, 0.29) is 11.4 Å². The summed E-state index contributed by atoms with van der Waals surface area (Å²) in [5.41, 5.74) is 2.38. The highest BCUT2D eigenvalue weighted by Crippen LogP contribution is 2.18. The first kappa shape index (κ1) is 21.2. The van der Waals surface area contributed by atoms with E-state index in [4.69, 9.17) is 4.74 Å². The third kappa shape index (κ3) is 5.75. The molecule has 0 amide bonds. The predicted octanol–water partition coefficient (Wildman–Crippen LogP) is 2.86. The summed E-state index contributed by atoms with van der Waals surface area (Å²) in [6.07, 6.45) is 0.677. The normalized spacial score (nSPS) is 11.4. The standard InChI is InChI=1S/C20H24N4O3S2/c1-15-5-4-6-16(13-15)14-19-22-20(28-23-19)24(2)12-11-21-29(25,26)18-9-7-17(27-3)8-10-18/h4-10,13,21H,11-12,14H2,1-3H3. The molecule has 1 aromatic heterocycles. The van der Waals surface area contributed by atoms with Gasteiger partial charge in [-0.2, -0.15) is 4.37 Å². The number of hydrogen-bond donors (Lipinski definition) is 1. The molecule has 9 heteroatoms. The zero-order valence-corrected chi connectivity index (χ0v) is 18.3. The van der Waals surface area contributed by atoms with Crippen molar-refractivity contribution in [3.63, 3.8) is 0 Å². The number of benzene rings is 2. The van der Waals surface area contributed by atoms with Gasteiger partial charge in [0.15, 0.2) is 0 Å². The molecular weight excluding hydrogens is 408 g/mol. The molecule has 0 radical (unpaired) electrons. The Bertz CT molecular complexity index is 1050. The molecule has 3 rings (SSSR count). The number of sulfonamides is 1. The molecule has 1 N–H and O–H groups in total. The molecule has 0 atom stereocenters. The van der Waals surface area contributed by atoms with Gasteiger partial charge >= 0.3 is 0 Å². The fourth-order valence-corrected chi connectivity index (χ4v) is 4.45. The molecule has 154 valence electrons. The second kappa shape index (κ2) is 9.34. The van der Waals surface area contributed by atoms with Gasteiger partial charge in [-0.3, -0.25) is 0 Å². The van der Waals surface area contributed by atoms with E-state index in [2.05, 4.69) is 39.2 Å². The van der Waals surface area contributed by atoms with Gasteiger partial charge in [0.05, 0.1) is 12.0 Å². The molecule has 0 unspecified atom stereocenters. The lowest BCUT2D eigenvalue weighted by atomic mass is 10.1. The fourth-order valence-electron chi connectivity index (χ4n) is 2.76. The van der Waals surface area contributed by atoms with E-state index in [1.165, 1.54) is 41.9 Å². The largest absolute Gasteiger partial charge is 0.497 e. The maximum absolute atomic E-state index is 12.4. The van der Waals surface area contributed by atoms with E-state index in [0.29, 0.717) is 18.7 Å². The lowest BCUT2D eigenvalue weighted by Gasteiger charge is -2.15. The smallest absolute Gasteiger partial charge is 0.240 e. The van der Waals surface area contributed by atoms with Crippen molar-refractivity contribution in [3.8, 4) is 5.75 Å². The number of hydrogen-bond acceptors (Lipinski definition) is 7. The topological polar surface area (TPSA) is 84.4 Å². The van der Waals surface area contributed by atoms with E-state index in [1.54, 1.807) is 12.1 Å². The van der Waals surface area contributed by atoms with Gasteiger partial charge in [-0.15, -0.1) is 0 Å². The van der Waals surface area contributed by atoms with Crippen LogP contribution >= 0.6 is 11.5 Å². The van der Waals surface area contributed by atoms with Gasteiger partial charge < -0.3 is 9.64 Å². The third-order valence-corrected chi connectivity index (χ3v) is 6.68. The van der Waals surface area contributed by atoms with Crippen molar-refractivity contribution in [3.05, 3.63) is 65.5 Å². The molecule has 2 aromatic carbocycles. The molecule has 0 aliphatic heterocycles. The second-order valence-corrected chi connectivity index (χ2v) is 9.15. The SMILES string of the molecule is COc1ccc(S(=O)(=O)NCCN(C)c2nc(Cc3cccc(C)c3)ns2)cc1. The molecule has 0 spiro atoms. The zero-order chi connectivity index (χ0) is 20.9. The number of aryl methyl sites for hydroxylation is 1. The van der Waals surface area contributed by atoms with Gasteiger partial charge in [-0.1, -0.05) is 29.8 Å². The van der Waals surface area contributed by atoms with Gasteiger partial charge in [0.2, 0.25) is 15.2 Å². The number of aromatic nitrogens is 2. The molecule has 0 fully saturated rings. The second-order valence-electron chi connectivity index (χ2n) is 6.65. The summed E-state index contributed by atoms with van der Waals surface area (Å²) >= 11 is 1.31. The minimum atomic E-state index is -3.57. The Kier molecular flexibility index (Phi) is 6.83. The van der Waals surface area contributed by atoms with Crippen molar-refractivity contribution < 1.29 is 13.2 Å². The number of ether oxygens (including phenoxy) is 1. The van der Waals surface area contributed by atoms with E-state index in [9.17, 15) is 8.42 Å². The Morgan fingerprint density at radius 2 is 1.93 bits per heavy atom. The predicted molar refractivity (Wildman–Crippen MR) is 115 cm³/mol. The maximum Gasteiger partial charge on any atom is 0.240 e. The van der Waals surface area contributed by atoms with Crippen molar-refractivity contribution in [2.24, 2.45) is 0 Å². The minimum absolute atomic E-state index is 0.206. The van der Waals surface area contributed by atoms with Crippen LogP contribution in [-0.4, -0.2) is 45.0 Å². The average molecular weight is 433 g/mol. The summed E-state index contributed by atoms with van der Waals surface area (Å²) in [5, 5.41) is 0.760. The number of rotatable bonds is 9. The Morgan fingerprint density at radius 3 is 2.62 bits per heavy atom. The van der Waals surface area contributed by atoms with Crippen LogP contribution in [0.25, 0.3) is 0 Å². The highest BCUT2D eigenvalue weighted by atomic mass is 32.2. The fraction of sp³-hybridized carbons (Fsp3) is 0.300. The Hall–Kier alpha value is -2.49. The summed E-state index contributed by atoms with van der Waals surface area (Å²) in [6.45, 7) is 2.80. The zero-order valence-electron chi connectivity index (χ0n) is 16.6. The van der Waals surface area contributed by atoms with Crippen LogP contribution in [0.3, 0.4) is 0 Å². The quantitative estimate of drug-likeness (QED) is 0.560. The van der Waals surface area contributed by atoms with Gasteiger partial charge in [-0.25, -0.2) is 18.1 Å². The highest BCUT2D eigenvalue weighted by molar-refractivity contribution is 7.89. The van der Waals surface area contributed by atoms with Crippen LogP contribution in [0.15, 0.2) is 53.4 Å². The highest BCUT2D eigenvalue weighted by Gasteiger charge is 2.15. The number of anilines is 1. The van der Waals surface area contributed by atoms with Gasteiger partial charge in [0.25, 0.3) is 0 Å². The van der Waals surface area contributed by atoms with Crippen LogP contribution < -0.4 is 14.4 Å². The van der Waals surface area contributed by atoms with E-state index in [1.807, 2.05) is 18.0 Å². The summed E-state index contributed by atoms with van der Waals surface area (Å²) in [7, 11) is -0.155. The average Bonchev–Trinajstić information content (AvgIpc) is 3.16. The third-order valence-electron chi connectivity index (χ3n) is 4.34. The van der Waals surface area contributed by atoms with E-state index >= 15 is 0 Å². The molecule has 7 nitrogen and oxygen atoms in total. The lowest BCUT2D eigenvalue weighted by molar-refractivity contribution is 0.414. The summed E-state index contributed by atoms with van der Waals surface area (Å²) in [4.78, 5) is 6.67. The molecule has 29 heavy (non-hydrogen) atoms. The molecule has 0 aliphatic rings. The summed E-state index contributed by atoms with van der Waals surface area (Å²) in [6, 6.07) is 14.6. The van der Waals surface area contributed by atoms with Crippen LogP contribution in [0, 0.1) is 6.92 Å². The number of nitrogens with one attached hydrogen (secondary N) is 1. The molecule has 3 aromatic rings. The number of nitrogens with zero attached hydrogens (tertiary/aromatic N) is 3. The van der Waals surface area contributed by atoms with Crippen LogP contribution in [0.5, 0.6) is 5.75 Å². The van der Waals surface area contributed by atoms with Gasteiger partial charge in [0.1, 0.15) is 11.6 Å². The van der Waals surface area contributed by atoms with E-state index < -0.39 is 10.0 Å². The lowest BCUT2D eigenvalue weighted by Crippen LogP contribution is -2.33. The van der Waals surface area contributed by atoms with Crippen LogP contribution in [0.1, 0.15) is 17.0 Å². The van der Waals surface area contributed by atoms with Crippen molar-refractivity contribution in [1.82, 2.24) is 14.1 Å². The number of methoxy groups -OCH3 is 1. The Morgan fingerprint density at radius 1 is 1.17 bits per heavy atom. The first-order valence-electron chi connectivity index (χ1n) is 9.10. The van der Waals surface area contributed by atoms with Crippen molar-refractivity contribution >= 4 is 26.7 Å². The summed E-state index contributed by atoms with van der Waals surface area (Å²) in [5.74, 6) is 1.38. The van der Waals surface area contributed by atoms with E-state index in [0.717, 1.165) is 11.0 Å². The Balaban J connectivity index is 1.54. The first-order chi connectivity index (χ1) is 13.9. The van der Waals surface area contributed by atoms with Crippen LogP contribution in [-0.2, 0) is 16.4 Å². The Labute approximate surface area is 175 Å². The monoisotopic (exact) mass is 432 g/mol. The molecule has 0 bridgehead atoms. The minimum Gasteiger partial charge on any atom is -0.497 e. The first-order valence-corrected chi connectivity index (χ1v) is 11.4. The van der Waals surface area contributed by atoms with Crippen LogP contribution in [0.4, 0.5) is 5.13 Å². The van der Waals surface area contributed by atoms with Crippen LogP contribution in [0.2, 0.25) is 0 Å². The van der Waals surface area contributed by atoms with Crippen molar-refractivity contribution in [1.29, 1.82) is 0 Å². The molecule has 0 saturated carbocycles. The van der Waals surface area contributed by atoms with Crippen molar-refractivity contribution in [2.45, 2.75) is 18.2 Å².